The third-order valence-electron chi connectivity index (χ3n) is 2.06. The largest absolute Gasteiger partial charge is 0.392 e. The smallest absolute Gasteiger partial charge is 0.166 e. The second kappa shape index (κ2) is 5.01. The molecule has 0 aliphatic rings. The van der Waals surface area contributed by atoms with Gasteiger partial charge < -0.3 is 5.11 Å². The molecule has 3 nitrogen and oxygen atoms in total. The topological polar surface area (TPSA) is 54.4 Å². The predicted molar refractivity (Wildman–Crippen MR) is 63.4 cm³/mol. The molecule has 0 amide bonds. The van der Waals surface area contributed by atoms with Gasteiger partial charge in [-0.15, -0.1) is 0 Å². The Morgan fingerprint density at radius 1 is 1.40 bits per heavy atom. The monoisotopic (exact) mass is 246 g/mol. The third kappa shape index (κ3) is 3.52. The van der Waals surface area contributed by atoms with E-state index in [1.165, 1.54) is 6.92 Å². The number of hydrogen-bond acceptors (Lipinski definition) is 4. The molecule has 1 rings (SSSR count). The molecular weight excluding hydrogens is 232 g/mol. The number of benzene rings is 1. The minimum absolute atomic E-state index is 0.0362. The van der Waals surface area contributed by atoms with Crippen molar-refractivity contribution in [3.8, 4) is 0 Å². The highest BCUT2D eigenvalue weighted by atomic mass is 32.2. The minimum Gasteiger partial charge on any atom is -0.392 e. The first-order valence-electron chi connectivity index (χ1n) is 4.54. The molecule has 0 heterocycles. The van der Waals surface area contributed by atoms with Crippen LogP contribution in [0, 0.1) is 0 Å². The Labute approximate surface area is 95.5 Å². The van der Waals surface area contributed by atoms with Crippen LogP contribution < -0.4 is 0 Å². The molecule has 0 aliphatic carbocycles. The number of thiol groups is 1. The van der Waals surface area contributed by atoms with Crippen LogP contribution in [0.2, 0.25) is 0 Å². The van der Waals surface area contributed by atoms with Gasteiger partial charge in [0.2, 0.25) is 0 Å². The van der Waals surface area contributed by atoms with E-state index in [2.05, 4.69) is 12.6 Å². The SMILES string of the molecule is CC(S)S(=O)(=O)Cc1cccc(CO)c1. The lowest BCUT2D eigenvalue weighted by Gasteiger charge is -2.07. The maximum Gasteiger partial charge on any atom is 0.166 e. The fourth-order valence-corrected chi connectivity index (χ4v) is 2.28. The molecule has 0 aromatic heterocycles. The Hall–Kier alpha value is -0.520. The van der Waals surface area contributed by atoms with Crippen molar-refractivity contribution in [2.45, 2.75) is 23.9 Å². The van der Waals surface area contributed by atoms with Gasteiger partial charge in [-0.25, -0.2) is 8.42 Å². The van der Waals surface area contributed by atoms with Gasteiger partial charge >= 0.3 is 0 Å². The van der Waals surface area contributed by atoms with E-state index in [1.54, 1.807) is 24.3 Å². The number of hydrogen-bond donors (Lipinski definition) is 2. The van der Waals surface area contributed by atoms with Gasteiger partial charge in [0.1, 0.15) is 4.58 Å². The second-order valence-corrected chi connectivity index (χ2v) is 6.83. The molecule has 0 bridgehead atoms. The Bertz CT molecular complexity index is 424. The van der Waals surface area contributed by atoms with E-state index in [-0.39, 0.29) is 12.4 Å². The summed E-state index contributed by atoms with van der Waals surface area (Å²) in [5.74, 6) is -0.0362. The lowest BCUT2D eigenvalue weighted by molar-refractivity contribution is 0.282. The molecule has 0 saturated carbocycles. The van der Waals surface area contributed by atoms with Crippen molar-refractivity contribution in [1.82, 2.24) is 0 Å². The highest BCUT2D eigenvalue weighted by molar-refractivity contribution is 8.04. The molecule has 84 valence electrons. The lowest BCUT2D eigenvalue weighted by atomic mass is 10.1. The number of rotatable bonds is 4. The normalized spacial score (nSPS) is 13.8. The quantitative estimate of drug-likeness (QED) is 0.789. The van der Waals surface area contributed by atoms with Crippen molar-refractivity contribution in [1.29, 1.82) is 0 Å². The Kier molecular flexibility index (Phi) is 4.19. The summed E-state index contributed by atoms with van der Waals surface area (Å²) < 4.78 is 22.4. The summed E-state index contributed by atoms with van der Waals surface area (Å²) in [5.41, 5.74) is 1.40. The lowest BCUT2D eigenvalue weighted by Crippen LogP contribution is -2.14. The molecule has 0 fully saturated rings. The van der Waals surface area contributed by atoms with Crippen molar-refractivity contribution in [2.24, 2.45) is 0 Å². The van der Waals surface area contributed by atoms with E-state index in [0.29, 0.717) is 5.56 Å². The molecule has 0 spiro atoms. The maximum atomic E-state index is 11.6. The number of sulfone groups is 1. The van der Waals surface area contributed by atoms with Crippen molar-refractivity contribution in [2.75, 3.05) is 0 Å². The predicted octanol–water partition coefficient (Wildman–Crippen LogP) is 1.37. The molecule has 1 N–H and O–H groups in total. The zero-order chi connectivity index (χ0) is 11.5. The molecule has 5 heteroatoms. The zero-order valence-electron chi connectivity index (χ0n) is 8.42. The van der Waals surface area contributed by atoms with Crippen LogP contribution in [0.15, 0.2) is 24.3 Å². The van der Waals surface area contributed by atoms with Gasteiger partial charge in [0, 0.05) is 0 Å². The summed E-state index contributed by atoms with van der Waals surface area (Å²) in [4.78, 5) is 0. The molecule has 0 radical (unpaired) electrons. The second-order valence-electron chi connectivity index (χ2n) is 3.38. The van der Waals surface area contributed by atoms with Crippen LogP contribution in [-0.4, -0.2) is 18.1 Å². The van der Waals surface area contributed by atoms with E-state index >= 15 is 0 Å². The average Bonchev–Trinajstić information content (AvgIpc) is 2.17. The molecule has 15 heavy (non-hydrogen) atoms. The van der Waals surface area contributed by atoms with Crippen molar-refractivity contribution >= 4 is 22.5 Å². The molecule has 1 atom stereocenters. The van der Waals surface area contributed by atoms with Crippen LogP contribution in [0.3, 0.4) is 0 Å². The van der Waals surface area contributed by atoms with Crippen LogP contribution in [0.4, 0.5) is 0 Å². The minimum atomic E-state index is -3.19. The fraction of sp³-hybridized carbons (Fsp3) is 0.400. The molecule has 1 aromatic rings. The highest BCUT2D eigenvalue weighted by Crippen LogP contribution is 2.14. The Morgan fingerprint density at radius 2 is 2.00 bits per heavy atom. The summed E-state index contributed by atoms with van der Waals surface area (Å²) >= 11 is 3.92. The first-order valence-corrected chi connectivity index (χ1v) is 6.77. The van der Waals surface area contributed by atoms with Crippen molar-refractivity contribution in [3.63, 3.8) is 0 Å². The van der Waals surface area contributed by atoms with Crippen LogP contribution in [0.5, 0.6) is 0 Å². The van der Waals surface area contributed by atoms with Crippen molar-refractivity contribution < 1.29 is 13.5 Å². The van der Waals surface area contributed by atoms with E-state index in [1.807, 2.05) is 0 Å². The van der Waals surface area contributed by atoms with E-state index in [9.17, 15) is 8.42 Å². The van der Waals surface area contributed by atoms with Gasteiger partial charge in [0.15, 0.2) is 9.84 Å². The van der Waals surface area contributed by atoms with Gasteiger partial charge in [-0.3, -0.25) is 0 Å². The Balaban J connectivity index is 2.90. The van der Waals surface area contributed by atoms with Crippen LogP contribution in [-0.2, 0) is 22.2 Å². The standard InChI is InChI=1S/C10H14O3S2/c1-8(14)15(12,13)7-10-4-2-3-9(5-10)6-11/h2-5,8,11,14H,6-7H2,1H3. The summed E-state index contributed by atoms with van der Waals surface area (Å²) in [5, 5.41) is 8.91. The van der Waals surface area contributed by atoms with Gasteiger partial charge in [0.05, 0.1) is 12.4 Å². The highest BCUT2D eigenvalue weighted by Gasteiger charge is 2.17. The van der Waals surface area contributed by atoms with E-state index in [4.69, 9.17) is 5.11 Å². The molecule has 0 aliphatic heterocycles. The van der Waals surface area contributed by atoms with Gasteiger partial charge in [-0.2, -0.15) is 12.6 Å². The summed E-state index contributed by atoms with van der Waals surface area (Å²) in [7, 11) is -3.19. The fourth-order valence-electron chi connectivity index (χ4n) is 1.17. The summed E-state index contributed by atoms with van der Waals surface area (Å²) in [6, 6.07) is 6.90. The maximum absolute atomic E-state index is 11.6. The van der Waals surface area contributed by atoms with Gasteiger partial charge in [-0.05, 0) is 18.1 Å². The number of aliphatic hydroxyl groups is 1. The summed E-state index contributed by atoms with van der Waals surface area (Å²) in [6.07, 6.45) is 0. The van der Waals surface area contributed by atoms with Crippen LogP contribution >= 0.6 is 12.6 Å². The summed E-state index contributed by atoms with van der Waals surface area (Å²) in [6.45, 7) is 1.46. The zero-order valence-corrected chi connectivity index (χ0v) is 10.1. The van der Waals surface area contributed by atoms with Crippen LogP contribution in [0.25, 0.3) is 0 Å². The first-order chi connectivity index (χ1) is 6.95. The molecular formula is C10H14O3S2. The van der Waals surface area contributed by atoms with Gasteiger partial charge in [-0.1, -0.05) is 24.3 Å². The molecule has 1 aromatic carbocycles. The van der Waals surface area contributed by atoms with Crippen LogP contribution in [0.1, 0.15) is 18.1 Å². The van der Waals surface area contributed by atoms with Gasteiger partial charge in [0.25, 0.3) is 0 Å². The number of aliphatic hydroxyl groups excluding tert-OH is 1. The van der Waals surface area contributed by atoms with E-state index in [0.717, 1.165) is 5.56 Å². The average molecular weight is 246 g/mol. The third-order valence-corrected chi connectivity index (χ3v) is 4.80. The van der Waals surface area contributed by atoms with Crippen molar-refractivity contribution in [3.05, 3.63) is 35.4 Å². The molecule has 0 saturated heterocycles. The van der Waals surface area contributed by atoms with E-state index < -0.39 is 14.4 Å². The Morgan fingerprint density at radius 3 is 2.53 bits per heavy atom. The molecule has 1 unspecified atom stereocenters. The first kappa shape index (κ1) is 12.5.